The number of aromatic nitrogens is 1. The van der Waals surface area contributed by atoms with Gasteiger partial charge in [0.05, 0.1) is 5.69 Å². The van der Waals surface area contributed by atoms with Crippen LogP contribution in [0.1, 0.15) is 26.5 Å². The summed E-state index contributed by atoms with van der Waals surface area (Å²) in [5.41, 5.74) is 4.78. The Hall–Kier alpha value is -2.66. The van der Waals surface area contributed by atoms with E-state index >= 15 is 0 Å². The highest BCUT2D eigenvalue weighted by Gasteiger charge is 2.15. The molecule has 2 N–H and O–H groups in total. The first-order valence-electron chi connectivity index (χ1n) is 7.70. The Morgan fingerprint density at radius 2 is 1.71 bits per heavy atom. The van der Waals surface area contributed by atoms with Gasteiger partial charge in [-0.15, -0.1) is 0 Å². The molecule has 0 saturated heterocycles. The van der Waals surface area contributed by atoms with E-state index in [2.05, 4.69) is 15.6 Å². The molecule has 0 aliphatic heterocycles. The molecule has 24 heavy (non-hydrogen) atoms. The predicted molar refractivity (Wildman–Crippen MR) is 100 cm³/mol. The molecule has 3 aromatic rings. The van der Waals surface area contributed by atoms with Gasteiger partial charge in [-0.2, -0.15) is 0 Å². The third kappa shape index (κ3) is 3.81. The first-order valence-corrected chi connectivity index (χ1v) is 8.52. The summed E-state index contributed by atoms with van der Waals surface area (Å²) >= 11 is 1.36. The van der Waals surface area contributed by atoms with E-state index in [-0.39, 0.29) is 5.91 Å². The van der Waals surface area contributed by atoms with Gasteiger partial charge in [-0.25, -0.2) is 4.98 Å². The molecule has 1 aromatic heterocycles. The number of hydrogen-bond acceptors (Lipinski definition) is 4. The summed E-state index contributed by atoms with van der Waals surface area (Å²) in [7, 11) is 0. The predicted octanol–water partition coefficient (Wildman–Crippen LogP) is 5.06. The van der Waals surface area contributed by atoms with E-state index < -0.39 is 0 Å². The number of hydrogen-bond donors (Lipinski definition) is 2. The zero-order valence-electron chi connectivity index (χ0n) is 13.9. The Bertz CT molecular complexity index is 869. The maximum atomic E-state index is 12.5. The van der Waals surface area contributed by atoms with Crippen molar-refractivity contribution in [1.29, 1.82) is 0 Å². The molecule has 5 heteroatoms. The van der Waals surface area contributed by atoms with Crippen molar-refractivity contribution < 1.29 is 4.79 Å². The Labute approximate surface area is 145 Å². The molecular weight excluding hydrogens is 318 g/mol. The number of thiazole rings is 1. The monoisotopic (exact) mass is 337 g/mol. The van der Waals surface area contributed by atoms with E-state index in [9.17, 15) is 4.79 Å². The zero-order valence-corrected chi connectivity index (χ0v) is 14.7. The second kappa shape index (κ2) is 6.84. The number of rotatable bonds is 4. The molecule has 0 aliphatic rings. The molecular formula is C19H19N3OS. The summed E-state index contributed by atoms with van der Waals surface area (Å²) in [5.74, 6) is -0.132. The lowest BCUT2D eigenvalue weighted by Gasteiger charge is -2.04. The van der Waals surface area contributed by atoms with Crippen LogP contribution in [0.2, 0.25) is 0 Å². The average Bonchev–Trinajstić information content (AvgIpc) is 2.90. The van der Waals surface area contributed by atoms with Gasteiger partial charge in [0, 0.05) is 11.4 Å². The van der Waals surface area contributed by atoms with Gasteiger partial charge < -0.3 is 10.6 Å². The molecule has 0 fully saturated rings. The maximum absolute atomic E-state index is 12.5. The molecule has 3 rings (SSSR count). The minimum atomic E-state index is -0.132. The van der Waals surface area contributed by atoms with Crippen LogP contribution in [0.5, 0.6) is 0 Å². The van der Waals surface area contributed by atoms with Gasteiger partial charge in [-0.05, 0) is 50.6 Å². The van der Waals surface area contributed by atoms with Crippen LogP contribution >= 0.6 is 11.3 Å². The fourth-order valence-electron chi connectivity index (χ4n) is 2.33. The van der Waals surface area contributed by atoms with Crippen LogP contribution in [0, 0.1) is 20.8 Å². The van der Waals surface area contributed by atoms with Crippen molar-refractivity contribution in [2.75, 3.05) is 10.6 Å². The van der Waals surface area contributed by atoms with Gasteiger partial charge in [-0.3, -0.25) is 4.79 Å². The number of anilines is 3. The van der Waals surface area contributed by atoms with Crippen LogP contribution in [0.3, 0.4) is 0 Å². The molecule has 2 aromatic carbocycles. The fourth-order valence-corrected chi connectivity index (χ4v) is 3.21. The van der Waals surface area contributed by atoms with Crippen LogP contribution in [-0.2, 0) is 0 Å². The van der Waals surface area contributed by atoms with E-state index in [0.717, 1.165) is 22.6 Å². The molecule has 0 aliphatic carbocycles. The lowest BCUT2D eigenvalue weighted by Crippen LogP contribution is -2.11. The highest BCUT2D eigenvalue weighted by atomic mass is 32.1. The van der Waals surface area contributed by atoms with E-state index in [1.54, 1.807) is 0 Å². The molecule has 122 valence electrons. The largest absolute Gasteiger partial charge is 0.332 e. The number of nitrogens with zero attached hydrogens (tertiary/aromatic N) is 1. The summed E-state index contributed by atoms with van der Waals surface area (Å²) in [4.78, 5) is 17.6. The topological polar surface area (TPSA) is 54.0 Å². The van der Waals surface area contributed by atoms with Crippen LogP contribution < -0.4 is 10.6 Å². The second-order valence-corrected chi connectivity index (χ2v) is 6.75. The SMILES string of the molecule is Cc1ccc(Nc2nc(C)c(C(=O)Nc3cccc(C)c3)s2)cc1. The van der Waals surface area contributed by atoms with Crippen molar-refractivity contribution in [2.45, 2.75) is 20.8 Å². The van der Waals surface area contributed by atoms with Crippen LogP contribution in [0.4, 0.5) is 16.5 Å². The lowest BCUT2D eigenvalue weighted by atomic mass is 10.2. The maximum Gasteiger partial charge on any atom is 0.267 e. The van der Waals surface area contributed by atoms with Crippen molar-refractivity contribution in [3.8, 4) is 0 Å². The summed E-state index contributed by atoms with van der Waals surface area (Å²) in [6.45, 7) is 5.89. The van der Waals surface area contributed by atoms with Gasteiger partial charge in [0.15, 0.2) is 5.13 Å². The molecule has 0 radical (unpaired) electrons. The Morgan fingerprint density at radius 1 is 0.958 bits per heavy atom. The minimum absolute atomic E-state index is 0.132. The molecule has 1 heterocycles. The average molecular weight is 337 g/mol. The lowest BCUT2D eigenvalue weighted by molar-refractivity contribution is 0.103. The first kappa shape index (κ1) is 16.2. The van der Waals surface area contributed by atoms with E-state index in [0.29, 0.717) is 10.0 Å². The number of amides is 1. The van der Waals surface area contributed by atoms with E-state index in [1.807, 2.05) is 69.3 Å². The molecule has 0 spiro atoms. The fraction of sp³-hybridized carbons (Fsp3) is 0.158. The van der Waals surface area contributed by atoms with Crippen molar-refractivity contribution in [3.05, 3.63) is 70.2 Å². The standard InChI is InChI=1S/C19H19N3OS/c1-12-7-9-15(10-8-12)22-19-20-14(3)17(24-19)18(23)21-16-6-4-5-13(2)11-16/h4-11H,1-3H3,(H,20,22)(H,21,23). The molecule has 0 saturated carbocycles. The van der Waals surface area contributed by atoms with E-state index in [1.165, 1.54) is 16.9 Å². The second-order valence-electron chi connectivity index (χ2n) is 5.75. The van der Waals surface area contributed by atoms with Crippen molar-refractivity contribution >= 4 is 33.8 Å². The van der Waals surface area contributed by atoms with E-state index in [4.69, 9.17) is 0 Å². The summed E-state index contributed by atoms with van der Waals surface area (Å²) in [6.07, 6.45) is 0. The number of nitrogens with one attached hydrogen (secondary N) is 2. The molecule has 0 unspecified atom stereocenters. The van der Waals surface area contributed by atoms with Crippen LogP contribution in [0.25, 0.3) is 0 Å². The van der Waals surface area contributed by atoms with Crippen LogP contribution in [0.15, 0.2) is 48.5 Å². The number of carbonyl (C=O) groups is 1. The van der Waals surface area contributed by atoms with Crippen molar-refractivity contribution in [1.82, 2.24) is 4.98 Å². The van der Waals surface area contributed by atoms with Crippen LogP contribution in [-0.4, -0.2) is 10.9 Å². The Kier molecular flexibility index (Phi) is 4.62. The van der Waals surface area contributed by atoms with Gasteiger partial charge in [0.25, 0.3) is 5.91 Å². The third-order valence-corrected chi connectivity index (χ3v) is 4.65. The summed E-state index contributed by atoms with van der Waals surface area (Å²) in [6, 6.07) is 15.8. The summed E-state index contributed by atoms with van der Waals surface area (Å²) in [5, 5.41) is 6.89. The quantitative estimate of drug-likeness (QED) is 0.699. The van der Waals surface area contributed by atoms with Crippen molar-refractivity contribution in [2.24, 2.45) is 0 Å². The van der Waals surface area contributed by atoms with Gasteiger partial charge in [0.1, 0.15) is 4.88 Å². The Balaban J connectivity index is 1.75. The number of benzene rings is 2. The number of aryl methyl sites for hydroxylation is 3. The molecule has 0 atom stereocenters. The molecule has 4 nitrogen and oxygen atoms in total. The normalized spacial score (nSPS) is 10.5. The number of carbonyl (C=O) groups excluding carboxylic acids is 1. The van der Waals surface area contributed by atoms with Gasteiger partial charge in [-0.1, -0.05) is 41.2 Å². The molecule has 1 amide bonds. The summed E-state index contributed by atoms with van der Waals surface area (Å²) < 4.78 is 0. The van der Waals surface area contributed by atoms with Gasteiger partial charge in [0.2, 0.25) is 0 Å². The highest BCUT2D eigenvalue weighted by molar-refractivity contribution is 7.17. The Morgan fingerprint density at radius 3 is 2.42 bits per heavy atom. The highest BCUT2D eigenvalue weighted by Crippen LogP contribution is 2.26. The zero-order chi connectivity index (χ0) is 17.1. The smallest absolute Gasteiger partial charge is 0.267 e. The third-order valence-electron chi connectivity index (χ3n) is 3.58. The minimum Gasteiger partial charge on any atom is -0.332 e. The molecule has 0 bridgehead atoms. The van der Waals surface area contributed by atoms with Gasteiger partial charge >= 0.3 is 0 Å². The van der Waals surface area contributed by atoms with Crippen molar-refractivity contribution in [3.63, 3.8) is 0 Å². The first-order chi connectivity index (χ1) is 11.5.